The van der Waals surface area contributed by atoms with Crippen LogP contribution in [0.25, 0.3) is 0 Å². The number of hydrogen-bond acceptors (Lipinski definition) is 2. The smallest absolute Gasteiger partial charge is 0.243 e. The van der Waals surface area contributed by atoms with E-state index in [1.54, 1.807) is 0 Å². The zero-order valence-electron chi connectivity index (χ0n) is 8.42. The maximum atomic E-state index is 8.56. The zero-order chi connectivity index (χ0) is 11.0. The lowest BCUT2D eigenvalue weighted by Gasteiger charge is -1.90. The lowest BCUT2D eigenvalue weighted by Crippen LogP contribution is -2.30. The van der Waals surface area contributed by atoms with Gasteiger partial charge in [-0.25, -0.2) is 13.3 Å². The second-order valence-corrected chi connectivity index (χ2v) is 3.32. The molecule has 0 radical (unpaired) electrons. The number of aromatic nitrogens is 2. The third-order valence-corrected chi connectivity index (χ3v) is 1.59. The summed E-state index contributed by atoms with van der Waals surface area (Å²) in [6, 6.07) is 0. The van der Waals surface area contributed by atoms with E-state index in [9.17, 15) is 0 Å². The van der Waals surface area contributed by atoms with Gasteiger partial charge in [-0.2, -0.15) is 0 Å². The minimum absolute atomic E-state index is 1.15. The molecule has 0 spiro atoms. The Morgan fingerprint density at radius 3 is 2.57 bits per heavy atom. The highest BCUT2D eigenvalue weighted by Crippen LogP contribution is 1.85. The highest BCUT2D eigenvalue weighted by atomic mass is 32.2. The number of nitrogens with zero attached hydrogens (tertiary/aromatic N) is 2. The fourth-order valence-electron chi connectivity index (χ4n) is 0.975. The largest absolute Gasteiger partial charge is 0.750 e. The molecule has 1 N–H and O–H groups in total. The molecule has 1 rings (SSSR count). The molecule has 1 aromatic heterocycles. The van der Waals surface area contributed by atoms with E-state index in [2.05, 4.69) is 34.8 Å². The average molecular weight is 220 g/mol. The molecule has 0 aliphatic heterocycles. The molecular formula is C8H16N2O3S. The molecule has 1 aromatic rings. The molecule has 0 aliphatic rings. The highest BCUT2D eigenvalue weighted by Gasteiger charge is 1.96. The Labute approximate surface area is 86.5 Å². The summed E-state index contributed by atoms with van der Waals surface area (Å²) < 4.78 is 28.4. The van der Waals surface area contributed by atoms with Gasteiger partial charge in [0.15, 0.2) is 0 Å². The van der Waals surface area contributed by atoms with E-state index in [-0.39, 0.29) is 0 Å². The molecule has 5 nitrogen and oxygen atoms in total. The standard InChI is InChI=1S/C8H15N2.H2O3S/c1-3-4-5-10-7-6-9(2)8-10;1-4(2)3/h6-8H,3-5H2,1-2H3;(H2,1,2,3)/q+1;/p-1. The lowest BCUT2D eigenvalue weighted by molar-refractivity contribution is -0.696. The van der Waals surface area contributed by atoms with Crippen LogP contribution in [0.5, 0.6) is 0 Å². The fraction of sp³-hybridized carbons (Fsp3) is 0.625. The van der Waals surface area contributed by atoms with E-state index in [0.29, 0.717) is 0 Å². The van der Waals surface area contributed by atoms with Crippen molar-refractivity contribution >= 4 is 11.4 Å². The Balaban J connectivity index is 0.000000364. The molecule has 14 heavy (non-hydrogen) atoms. The van der Waals surface area contributed by atoms with Gasteiger partial charge in [0.25, 0.3) is 0 Å². The number of hydrogen-bond donors (Lipinski definition) is 1. The van der Waals surface area contributed by atoms with Gasteiger partial charge >= 0.3 is 0 Å². The Morgan fingerprint density at radius 2 is 2.21 bits per heavy atom. The third kappa shape index (κ3) is 7.90. The van der Waals surface area contributed by atoms with Gasteiger partial charge in [0.2, 0.25) is 6.33 Å². The minimum atomic E-state index is -2.86. The second kappa shape index (κ2) is 7.66. The van der Waals surface area contributed by atoms with Crippen LogP contribution >= 0.6 is 0 Å². The van der Waals surface area contributed by atoms with E-state index in [0.717, 1.165) is 6.54 Å². The highest BCUT2D eigenvalue weighted by molar-refractivity contribution is 7.73. The zero-order valence-corrected chi connectivity index (χ0v) is 9.24. The van der Waals surface area contributed by atoms with Gasteiger partial charge in [-0.15, -0.1) is 0 Å². The van der Waals surface area contributed by atoms with E-state index < -0.39 is 11.4 Å². The fourth-order valence-corrected chi connectivity index (χ4v) is 0.975. The van der Waals surface area contributed by atoms with Crippen LogP contribution in [0.15, 0.2) is 18.7 Å². The molecule has 1 unspecified atom stereocenters. The molecule has 1 atom stereocenters. The van der Waals surface area contributed by atoms with Gasteiger partial charge in [-0.05, 0) is 6.42 Å². The Kier molecular flexibility index (Phi) is 7.27. The Hall–Kier alpha value is -0.720. The first-order valence-electron chi connectivity index (χ1n) is 4.35. The van der Waals surface area contributed by atoms with Crippen molar-refractivity contribution in [1.29, 1.82) is 0 Å². The topological polar surface area (TPSA) is 69.2 Å². The SMILES string of the molecule is CCCC[n+]1ccn(C)c1.O=S([O-])O. The first kappa shape index (κ1) is 13.3. The van der Waals surface area contributed by atoms with Crippen LogP contribution in [0.4, 0.5) is 0 Å². The molecule has 1 heterocycles. The van der Waals surface area contributed by atoms with Gasteiger partial charge in [-0.1, -0.05) is 13.3 Å². The maximum Gasteiger partial charge on any atom is 0.243 e. The predicted octanol–water partition coefficient (Wildman–Crippen LogP) is 0.451. The van der Waals surface area contributed by atoms with E-state index in [4.69, 9.17) is 13.3 Å². The van der Waals surface area contributed by atoms with Gasteiger partial charge in [0.1, 0.15) is 12.4 Å². The summed E-state index contributed by atoms with van der Waals surface area (Å²) in [5.41, 5.74) is 0. The quantitative estimate of drug-likeness (QED) is 0.594. The predicted molar refractivity (Wildman–Crippen MR) is 52.1 cm³/mol. The number of imidazole rings is 1. The van der Waals surface area contributed by atoms with E-state index in [1.807, 2.05) is 7.05 Å². The molecule has 0 bridgehead atoms. The summed E-state index contributed by atoms with van der Waals surface area (Å²) in [5, 5.41) is 0. The first-order chi connectivity index (χ1) is 6.56. The molecule has 6 heteroatoms. The van der Waals surface area contributed by atoms with Crippen molar-refractivity contribution in [3.05, 3.63) is 18.7 Å². The summed E-state index contributed by atoms with van der Waals surface area (Å²) in [6.45, 7) is 3.36. The van der Waals surface area contributed by atoms with Crippen molar-refractivity contribution in [2.24, 2.45) is 7.05 Å². The van der Waals surface area contributed by atoms with Crippen LogP contribution in [0.2, 0.25) is 0 Å². The van der Waals surface area contributed by atoms with Crippen LogP contribution in [0, 0.1) is 0 Å². The summed E-state index contributed by atoms with van der Waals surface area (Å²) in [5.74, 6) is 0. The van der Waals surface area contributed by atoms with Crippen molar-refractivity contribution in [1.82, 2.24) is 4.57 Å². The van der Waals surface area contributed by atoms with Gasteiger partial charge < -0.3 is 9.11 Å². The van der Waals surface area contributed by atoms with Gasteiger partial charge in [0, 0.05) is 0 Å². The van der Waals surface area contributed by atoms with Crippen LogP contribution in [0.1, 0.15) is 19.8 Å². The molecule has 0 amide bonds. The van der Waals surface area contributed by atoms with Crippen LogP contribution in [-0.4, -0.2) is 17.9 Å². The van der Waals surface area contributed by atoms with E-state index >= 15 is 0 Å². The van der Waals surface area contributed by atoms with Crippen molar-refractivity contribution in [2.75, 3.05) is 0 Å². The molecular weight excluding hydrogens is 204 g/mol. The number of aryl methyl sites for hydroxylation is 2. The monoisotopic (exact) mass is 220 g/mol. The van der Waals surface area contributed by atoms with Crippen molar-refractivity contribution < 1.29 is 17.9 Å². The van der Waals surface area contributed by atoms with Crippen molar-refractivity contribution in [3.63, 3.8) is 0 Å². The second-order valence-electron chi connectivity index (χ2n) is 2.89. The maximum absolute atomic E-state index is 8.56. The summed E-state index contributed by atoms with van der Waals surface area (Å²) in [7, 11) is 2.04. The molecule has 82 valence electrons. The van der Waals surface area contributed by atoms with Gasteiger partial charge in [-0.3, -0.25) is 0 Å². The molecule has 0 aliphatic carbocycles. The first-order valence-corrected chi connectivity index (χ1v) is 5.38. The lowest BCUT2D eigenvalue weighted by atomic mass is 10.3. The molecule has 0 aromatic carbocycles. The van der Waals surface area contributed by atoms with Gasteiger partial charge in [0.05, 0.1) is 25.0 Å². The Morgan fingerprint density at radius 1 is 1.64 bits per heavy atom. The van der Waals surface area contributed by atoms with Crippen molar-refractivity contribution in [2.45, 2.75) is 26.3 Å². The van der Waals surface area contributed by atoms with Crippen LogP contribution < -0.4 is 4.57 Å². The van der Waals surface area contributed by atoms with E-state index in [1.165, 1.54) is 12.8 Å². The minimum Gasteiger partial charge on any atom is -0.750 e. The molecule has 0 saturated heterocycles. The average Bonchev–Trinajstić information content (AvgIpc) is 2.47. The van der Waals surface area contributed by atoms with Crippen LogP contribution in [0.3, 0.4) is 0 Å². The van der Waals surface area contributed by atoms with Crippen molar-refractivity contribution in [3.8, 4) is 0 Å². The molecule has 0 saturated carbocycles. The number of unbranched alkanes of at least 4 members (excludes halogenated alkanes) is 1. The summed E-state index contributed by atoms with van der Waals surface area (Å²) in [4.78, 5) is 0. The van der Waals surface area contributed by atoms with Crippen LogP contribution in [-0.2, 0) is 25.0 Å². The third-order valence-electron chi connectivity index (χ3n) is 1.59. The summed E-state index contributed by atoms with van der Waals surface area (Å²) in [6.07, 6.45) is 8.82. The Bertz CT molecular complexity index is 271. The molecule has 0 fully saturated rings. The normalized spacial score (nSPS) is 11.7. The summed E-state index contributed by atoms with van der Waals surface area (Å²) >= 11 is -2.86. The number of rotatable bonds is 3.